The summed E-state index contributed by atoms with van der Waals surface area (Å²) in [4.78, 5) is 39.1. The average molecular weight is 502 g/mol. The number of nitrogens with one attached hydrogen (secondary N) is 2. The lowest BCUT2D eigenvalue weighted by Gasteiger charge is -2.17. The SMILES string of the molecule is COc1ccc(CNC(=O)[C@@H]2CC(=O)N(c3ccc(OCC(=O)Nc4ccc(C)c(C)c4)cc3)C2)cc1. The minimum absolute atomic E-state index is 0.106. The topological polar surface area (TPSA) is 97.0 Å². The van der Waals surface area contributed by atoms with Crippen molar-refractivity contribution in [1.82, 2.24) is 5.32 Å². The number of nitrogens with zero attached hydrogens (tertiary/aromatic N) is 1. The minimum Gasteiger partial charge on any atom is -0.497 e. The van der Waals surface area contributed by atoms with Crippen LogP contribution in [0, 0.1) is 19.8 Å². The van der Waals surface area contributed by atoms with Crippen molar-refractivity contribution < 1.29 is 23.9 Å². The van der Waals surface area contributed by atoms with E-state index in [9.17, 15) is 14.4 Å². The number of carbonyl (C=O) groups is 3. The number of amides is 3. The van der Waals surface area contributed by atoms with Crippen LogP contribution in [0.15, 0.2) is 66.7 Å². The molecule has 1 saturated heterocycles. The zero-order chi connectivity index (χ0) is 26.4. The maximum atomic E-state index is 12.7. The maximum Gasteiger partial charge on any atom is 0.262 e. The molecule has 37 heavy (non-hydrogen) atoms. The van der Waals surface area contributed by atoms with Gasteiger partial charge < -0.3 is 25.0 Å². The van der Waals surface area contributed by atoms with E-state index in [1.54, 1.807) is 36.3 Å². The number of aryl methyl sites for hydroxylation is 2. The predicted octanol–water partition coefficient (Wildman–Crippen LogP) is 4.00. The molecule has 4 rings (SSSR count). The lowest BCUT2D eigenvalue weighted by atomic mass is 10.1. The lowest BCUT2D eigenvalue weighted by Crippen LogP contribution is -2.32. The number of carbonyl (C=O) groups excluding carboxylic acids is 3. The zero-order valence-corrected chi connectivity index (χ0v) is 21.2. The number of hydrogen-bond donors (Lipinski definition) is 2. The summed E-state index contributed by atoms with van der Waals surface area (Å²) < 4.78 is 10.7. The lowest BCUT2D eigenvalue weighted by molar-refractivity contribution is -0.126. The van der Waals surface area contributed by atoms with Crippen molar-refractivity contribution in [2.24, 2.45) is 5.92 Å². The number of rotatable bonds is 9. The molecule has 0 aromatic heterocycles. The van der Waals surface area contributed by atoms with Gasteiger partial charge in [0, 0.05) is 30.9 Å². The van der Waals surface area contributed by atoms with Crippen LogP contribution in [0.2, 0.25) is 0 Å². The van der Waals surface area contributed by atoms with E-state index in [1.807, 2.05) is 56.3 Å². The summed E-state index contributed by atoms with van der Waals surface area (Å²) in [6.07, 6.45) is 0.158. The van der Waals surface area contributed by atoms with Crippen molar-refractivity contribution in [3.63, 3.8) is 0 Å². The smallest absolute Gasteiger partial charge is 0.262 e. The van der Waals surface area contributed by atoms with Crippen molar-refractivity contribution in [2.75, 3.05) is 30.5 Å². The molecule has 1 fully saturated rings. The van der Waals surface area contributed by atoms with Crippen molar-refractivity contribution in [3.05, 3.63) is 83.4 Å². The molecule has 3 aromatic carbocycles. The summed E-state index contributed by atoms with van der Waals surface area (Å²) in [6, 6.07) is 20.1. The fourth-order valence-corrected chi connectivity index (χ4v) is 4.10. The van der Waals surface area contributed by atoms with Gasteiger partial charge in [0.05, 0.1) is 13.0 Å². The monoisotopic (exact) mass is 501 g/mol. The Labute approximate surface area is 216 Å². The first kappa shape index (κ1) is 25.8. The van der Waals surface area contributed by atoms with Gasteiger partial charge in [0.2, 0.25) is 11.8 Å². The fourth-order valence-electron chi connectivity index (χ4n) is 4.10. The van der Waals surface area contributed by atoms with Crippen LogP contribution in [0.5, 0.6) is 11.5 Å². The van der Waals surface area contributed by atoms with Gasteiger partial charge in [0.25, 0.3) is 5.91 Å². The van der Waals surface area contributed by atoms with E-state index in [0.29, 0.717) is 24.5 Å². The molecule has 3 amide bonds. The summed E-state index contributed by atoms with van der Waals surface area (Å²) in [5.41, 5.74) is 4.62. The number of ether oxygens (including phenoxy) is 2. The van der Waals surface area contributed by atoms with E-state index in [0.717, 1.165) is 28.1 Å². The number of methoxy groups -OCH3 is 1. The number of anilines is 2. The molecule has 0 saturated carbocycles. The highest BCUT2D eigenvalue weighted by atomic mass is 16.5. The molecule has 8 heteroatoms. The molecule has 192 valence electrons. The first-order chi connectivity index (χ1) is 17.8. The average Bonchev–Trinajstić information content (AvgIpc) is 3.30. The Kier molecular flexibility index (Phi) is 8.08. The molecule has 1 heterocycles. The first-order valence-corrected chi connectivity index (χ1v) is 12.1. The Morgan fingerprint density at radius 2 is 1.65 bits per heavy atom. The molecular formula is C29H31N3O5. The maximum absolute atomic E-state index is 12.7. The number of benzene rings is 3. The normalized spacial score (nSPS) is 14.8. The van der Waals surface area contributed by atoms with E-state index < -0.39 is 5.92 Å². The summed E-state index contributed by atoms with van der Waals surface area (Å²) in [6.45, 7) is 4.57. The molecule has 0 spiro atoms. The Bertz CT molecular complexity index is 1270. The predicted molar refractivity (Wildman–Crippen MR) is 142 cm³/mol. The Balaban J connectivity index is 1.26. The Morgan fingerprint density at radius 1 is 0.946 bits per heavy atom. The van der Waals surface area contributed by atoms with Crippen molar-refractivity contribution >= 4 is 29.1 Å². The molecule has 1 aliphatic rings. The van der Waals surface area contributed by atoms with Crippen molar-refractivity contribution in [3.8, 4) is 11.5 Å². The fraction of sp³-hybridized carbons (Fsp3) is 0.276. The molecule has 0 unspecified atom stereocenters. The Hall–Kier alpha value is -4.33. The summed E-state index contributed by atoms with van der Waals surface area (Å²) in [7, 11) is 1.60. The molecule has 3 aromatic rings. The second-order valence-corrected chi connectivity index (χ2v) is 9.10. The van der Waals surface area contributed by atoms with Crippen LogP contribution in [0.3, 0.4) is 0 Å². The van der Waals surface area contributed by atoms with E-state index >= 15 is 0 Å². The van der Waals surface area contributed by atoms with Gasteiger partial charge in [-0.2, -0.15) is 0 Å². The van der Waals surface area contributed by atoms with Gasteiger partial charge in [-0.25, -0.2) is 0 Å². The van der Waals surface area contributed by atoms with Crippen LogP contribution in [0.1, 0.15) is 23.1 Å². The quantitative estimate of drug-likeness (QED) is 0.462. The second kappa shape index (κ2) is 11.6. The Morgan fingerprint density at radius 3 is 2.32 bits per heavy atom. The highest BCUT2D eigenvalue weighted by molar-refractivity contribution is 6.00. The van der Waals surface area contributed by atoms with Crippen LogP contribution < -0.4 is 25.0 Å². The first-order valence-electron chi connectivity index (χ1n) is 12.1. The molecule has 0 aliphatic carbocycles. The van der Waals surface area contributed by atoms with E-state index in [2.05, 4.69) is 10.6 Å². The van der Waals surface area contributed by atoms with Gasteiger partial charge in [-0.3, -0.25) is 14.4 Å². The van der Waals surface area contributed by atoms with E-state index in [1.165, 1.54) is 0 Å². The number of hydrogen-bond acceptors (Lipinski definition) is 5. The molecule has 8 nitrogen and oxygen atoms in total. The van der Waals surface area contributed by atoms with Crippen LogP contribution in [-0.4, -0.2) is 38.0 Å². The summed E-state index contributed by atoms with van der Waals surface area (Å²) in [5, 5.41) is 5.74. The molecule has 1 atom stereocenters. The van der Waals surface area contributed by atoms with E-state index in [4.69, 9.17) is 9.47 Å². The second-order valence-electron chi connectivity index (χ2n) is 9.10. The van der Waals surface area contributed by atoms with Gasteiger partial charge in [0.15, 0.2) is 6.61 Å². The highest BCUT2D eigenvalue weighted by Crippen LogP contribution is 2.27. The van der Waals surface area contributed by atoms with Crippen LogP contribution >= 0.6 is 0 Å². The van der Waals surface area contributed by atoms with Gasteiger partial charge in [-0.15, -0.1) is 0 Å². The zero-order valence-electron chi connectivity index (χ0n) is 21.2. The van der Waals surface area contributed by atoms with Crippen LogP contribution in [0.4, 0.5) is 11.4 Å². The van der Waals surface area contributed by atoms with E-state index in [-0.39, 0.29) is 30.7 Å². The molecular weight excluding hydrogens is 470 g/mol. The molecule has 0 bridgehead atoms. The van der Waals surface area contributed by atoms with Crippen LogP contribution in [0.25, 0.3) is 0 Å². The third-order valence-corrected chi connectivity index (χ3v) is 6.43. The molecule has 0 radical (unpaired) electrons. The molecule has 1 aliphatic heterocycles. The third kappa shape index (κ3) is 6.67. The minimum atomic E-state index is -0.421. The molecule has 2 N–H and O–H groups in total. The van der Waals surface area contributed by atoms with Gasteiger partial charge in [-0.1, -0.05) is 18.2 Å². The van der Waals surface area contributed by atoms with Gasteiger partial charge >= 0.3 is 0 Å². The van der Waals surface area contributed by atoms with Gasteiger partial charge in [-0.05, 0) is 79.1 Å². The third-order valence-electron chi connectivity index (χ3n) is 6.43. The van der Waals surface area contributed by atoms with Crippen molar-refractivity contribution in [2.45, 2.75) is 26.8 Å². The van der Waals surface area contributed by atoms with Crippen LogP contribution in [-0.2, 0) is 20.9 Å². The van der Waals surface area contributed by atoms with Crippen molar-refractivity contribution in [1.29, 1.82) is 0 Å². The summed E-state index contributed by atoms with van der Waals surface area (Å²) >= 11 is 0. The standard InChI is InChI=1S/C29H31N3O5/c1-19-4-7-23(14-20(19)2)31-27(33)18-37-26-12-8-24(9-13-26)32-17-22(15-28(32)34)29(35)30-16-21-5-10-25(36-3)11-6-21/h4-14,22H,15-18H2,1-3H3,(H,30,35)(H,31,33)/t22-/m1/s1. The highest BCUT2D eigenvalue weighted by Gasteiger charge is 2.35. The van der Waals surface area contributed by atoms with Gasteiger partial charge in [0.1, 0.15) is 11.5 Å². The largest absolute Gasteiger partial charge is 0.497 e. The summed E-state index contributed by atoms with van der Waals surface area (Å²) in [5.74, 6) is 0.331.